The number of aromatic nitrogens is 3. The zero-order valence-electron chi connectivity index (χ0n) is 14.9. The van der Waals surface area contributed by atoms with E-state index in [-0.39, 0.29) is 11.7 Å². The number of hydrogen-bond donors (Lipinski definition) is 1. The van der Waals surface area contributed by atoms with E-state index in [1.165, 1.54) is 11.8 Å². The van der Waals surface area contributed by atoms with Gasteiger partial charge in [-0.1, -0.05) is 42.1 Å². The maximum atomic E-state index is 12.2. The molecule has 0 bridgehead atoms. The van der Waals surface area contributed by atoms with Gasteiger partial charge in [0.05, 0.1) is 18.6 Å². The number of carbonyl (C=O) groups excluding carboxylic acids is 1. The van der Waals surface area contributed by atoms with E-state index in [1.807, 2.05) is 63.9 Å². The number of thiophene rings is 1. The van der Waals surface area contributed by atoms with E-state index >= 15 is 0 Å². The van der Waals surface area contributed by atoms with Crippen LogP contribution < -0.4 is 5.32 Å². The van der Waals surface area contributed by atoms with Crippen molar-refractivity contribution in [2.24, 2.45) is 0 Å². The Bertz CT molecular complexity index is 1010. The molecule has 0 atom stereocenters. The second kappa shape index (κ2) is 8.90. The van der Waals surface area contributed by atoms with Gasteiger partial charge in [-0.15, -0.1) is 10.2 Å². The number of thioether (sulfide) groups is 1. The van der Waals surface area contributed by atoms with Crippen LogP contribution in [-0.4, -0.2) is 26.4 Å². The number of nitrogens with one attached hydrogen (secondary N) is 1. The summed E-state index contributed by atoms with van der Waals surface area (Å²) in [6.45, 7) is 1.14. The van der Waals surface area contributed by atoms with Gasteiger partial charge in [0.1, 0.15) is 0 Å². The number of furan rings is 1. The van der Waals surface area contributed by atoms with Gasteiger partial charge in [0, 0.05) is 6.54 Å². The molecule has 0 saturated carbocycles. The lowest BCUT2D eigenvalue weighted by atomic mass is 10.2. The van der Waals surface area contributed by atoms with Crippen molar-refractivity contribution < 1.29 is 9.21 Å². The van der Waals surface area contributed by atoms with E-state index in [0.717, 1.165) is 11.1 Å². The molecule has 8 heteroatoms. The highest BCUT2D eigenvalue weighted by molar-refractivity contribution is 7.99. The number of benzene rings is 1. The van der Waals surface area contributed by atoms with Gasteiger partial charge < -0.3 is 9.73 Å². The van der Waals surface area contributed by atoms with Crippen molar-refractivity contribution in [2.75, 3.05) is 5.75 Å². The summed E-state index contributed by atoms with van der Waals surface area (Å²) >= 11 is 2.99. The van der Waals surface area contributed by atoms with Gasteiger partial charge in [-0.25, -0.2) is 0 Å². The predicted molar refractivity (Wildman–Crippen MR) is 110 cm³/mol. The molecule has 4 rings (SSSR count). The molecule has 142 valence electrons. The second-order valence-electron chi connectivity index (χ2n) is 6.05. The van der Waals surface area contributed by atoms with Crippen LogP contribution in [0.3, 0.4) is 0 Å². The molecule has 3 heterocycles. The third kappa shape index (κ3) is 4.52. The Kier molecular flexibility index (Phi) is 5.89. The van der Waals surface area contributed by atoms with Gasteiger partial charge in [0.15, 0.2) is 10.9 Å². The summed E-state index contributed by atoms with van der Waals surface area (Å²) in [5, 5.41) is 16.2. The van der Waals surface area contributed by atoms with Crippen LogP contribution in [0.5, 0.6) is 0 Å². The Labute approximate surface area is 170 Å². The molecule has 0 aliphatic rings. The van der Waals surface area contributed by atoms with Crippen molar-refractivity contribution in [3.05, 3.63) is 76.7 Å². The number of rotatable bonds is 8. The highest BCUT2D eigenvalue weighted by atomic mass is 32.2. The average molecular weight is 411 g/mol. The Morgan fingerprint density at radius 2 is 2.00 bits per heavy atom. The van der Waals surface area contributed by atoms with E-state index in [4.69, 9.17) is 4.42 Å². The van der Waals surface area contributed by atoms with Crippen LogP contribution in [0.4, 0.5) is 0 Å². The second-order valence-corrected chi connectivity index (χ2v) is 7.77. The Hall–Kier alpha value is -2.84. The van der Waals surface area contributed by atoms with Gasteiger partial charge in [0.25, 0.3) is 0 Å². The van der Waals surface area contributed by atoms with Crippen molar-refractivity contribution in [2.45, 2.75) is 18.2 Å². The number of hydrogen-bond acceptors (Lipinski definition) is 6. The summed E-state index contributed by atoms with van der Waals surface area (Å²) in [6, 6.07) is 15.8. The fraction of sp³-hybridized carbons (Fsp3) is 0.150. The Balaban J connectivity index is 1.47. The van der Waals surface area contributed by atoms with E-state index in [2.05, 4.69) is 15.5 Å². The SMILES string of the molecule is O=C(CSc1nnc(-c2ccco2)n1Cc1ccccc1)NCc1ccsc1. The summed E-state index contributed by atoms with van der Waals surface area (Å²) in [4.78, 5) is 12.2. The Morgan fingerprint density at radius 3 is 2.75 bits per heavy atom. The van der Waals surface area contributed by atoms with Crippen LogP contribution in [-0.2, 0) is 17.9 Å². The maximum Gasteiger partial charge on any atom is 0.230 e. The number of nitrogens with zero attached hydrogens (tertiary/aromatic N) is 3. The van der Waals surface area contributed by atoms with Gasteiger partial charge >= 0.3 is 0 Å². The molecule has 1 aromatic carbocycles. The summed E-state index contributed by atoms with van der Waals surface area (Å²) < 4.78 is 7.48. The molecule has 0 radical (unpaired) electrons. The van der Waals surface area contributed by atoms with Crippen molar-refractivity contribution >= 4 is 29.0 Å². The molecular weight excluding hydrogens is 392 g/mol. The number of carbonyl (C=O) groups is 1. The standard InChI is InChI=1S/C20H18N4O2S2/c25-18(21-11-16-8-10-27-13-16)14-28-20-23-22-19(17-7-4-9-26-17)24(20)12-15-5-2-1-3-6-15/h1-10,13H,11-12,14H2,(H,21,25). The van der Waals surface area contributed by atoms with Crippen LogP contribution in [0.25, 0.3) is 11.6 Å². The first-order valence-electron chi connectivity index (χ1n) is 8.71. The molecule has 4 aromatic rings. The van der Waals surface area contributed by atoms with E-state index in [1.54, 1.807) is 17.6 Å². The molecule has 1 amide bonds. The van der Waals surface area contributed by atoms with Gasteiger partial charge in [-0.3, -0.25) is 9.36 Å². The first kappa shape index (κ1) is 18.5. The fourth-order valence-corrected chi connectivity index (χ4v) is 4.10. The van der Waals surface area contributed by atoms with Crippen LogP contribution in [0, 0.1) is 0 Å². The smallest absolute Gasteiger partial charge is 0.230 e. The largest absolute Gasteiger partial charge is 0.461 e. The molecule has 0 aliphatic carbocycles. The zero-order valence-corrected chi connectivity index (χ0v) is 16.6. The fourth-order valence-electron chi connectivity index (χ4n) is 2.67. The first-order chi connectivity index (χ1) is 13.8. The highest BCUT2D eigenvalue weighted by Crippen LogP contribution is 2.25. The molecule has 0 spiro atoms. The lowest BCUT2D eigenvalue weighted by Crippen LogP contribution is -2.24. The average Bonchev–Trinajstić information content (AvgIpc) is 3.47. The molecule has 3 aromatic heterocycles. The molecule has 0 unspecified atom stereocenters. The predicted octanol–water partition coefficient (Wildman–Crippen LogP) is 4.06. The van der Waals surface area contributed by atoms with Crippen molar-refractivity contribution in [1.82, 2.24) is 20.1 Å². The topological polar surface area (TPSA) is 73.0 Å². The quantitative estimate of drug-likeness (QED) is 0.444. The summed E-state index contributed by atoms with van der Waals surface area (Å²) in [7, 11) is 0. The zero-order chi connectivity index (χ0) is 19.2. The first-order valence-corrected chi connectivity index (χ1v) is 10.6. The van der Waals surface area contributed by atoms with Crippen molar-refractivity contribution in [1.29, 1.82) is 0 Å². The van der Waals surface area contributed by atoms with Crippen molar-refractivity contribution in [3.63, 3.8) is 0 Å². The minimum Gasteiger partial charge on any atom is -0.461 e. The van der Waals surface area contributed by atoms with E-state index in [9.17, 15) is 4.79 Å². The van der Waals surface area contributed by atoms with Crippen LogP contribution in [0.15, 0.2) is 75.1 Å². The normalized spacial score (nSPS) is 10.9. The summed E-state index contributed by atoms with van der Waals surface area (Å²) in [6.07, 6.45) is 1.61. The monoisotopic (exact) mass is 410 g/mol. The third-order valence-corrected chi connectivity index (χ3v) is 5.74. The maximum absolute atomic E-state index is 12.2. The van der Waals surface area contributed by atoms with E-state index in [0.29, 0.717) is 29.8 Å². The lowest BCUT2D eigenvalue weighted by molar-refractivity contribution is -0.118. The van der Waals surface area contributed by atoms with E-state index < -0.39 is 0 Å². The Morgan fingerprint density at radius 1 is 1.11 bits per heavy atom. The highest BCUT2D eigenvalue weighted by Gasteiger charge is 2.17. The van der Waals surface area contributed by atoms with Gasteiger partial charge in [-0.05, 0) is 40.1 Å². The minimum atomic E-state index is -0.0370. The molecule has 0 saturated heterocycles. The summed E-state index contributed by atoms with van der Waals surface area (Å²) in [5.41, 5.74) is 2.23. The molecule has 0 fully saturated rings. The lowest BCUT2D eigenvalue weighted by Gasteiger charge is -2.09. The van der Waals surface area contributed by atoms with Gasteiger partial charge in [0.2, 0.25) is 11.7 Å². The molecule has 6 nitrogen and oxygen atoms in total. The molecule has 28 heavy (non-hydrogen) atoms. The van der Waals surface area contributed by atoms with Crippen LogP contribution in [0.2, 0.25) is 0 Å². The summed E-state index contributed by atoms with van der Waals surface area (Å²) in [5.74, 6) is 1.53. The third-order valence-electron chi connectivity index (χ3n) is 4.04. The van der Waals surface area contributed by atoms with Crippen LogP contribution >= 0.6 is 23.1 Å². The van der Waals surface area contributed by atoms with Crippen LogP contribution in [0.1, 0.15) is 11.1 Å². The number of amides is 1. The molecule has 0 aliphatic heterocycles. The van der Waals surface area contributed by atoms with Gasteiger partial charge in [-0.2, -0.15) is 11.3 Å². The minimum absolute atomic E-state index is 0.0370. The molecular formula is C20H18N4O2S2. The van der Waals surface area contributed by atoms with Crippen molar-refractivity contribution in [3.8, 4) is 11.6 Å². The molecule has 1 N–H and O–H groups in total.